The van der Waals surface area contributed by atoms with Crippen LogP contribution < -0.4 is 10.1 Å². The first kappa shape index (κ1) is 13.9. The molecule has 0 aliphatic heterocycles. The molecule has 0 saturated carbocycles. The third kappa shape index (κ3) is 2.74. The zero-order valence-electron chi connectivity index (χ0n) is 10.4. The average Bonchev–Trinajstić information content (AvgIpc) is 2.45. The van der Waals surface area contributed by atoms with Gasteiger partial charge in [0.05, 0.1) is 12.7 Å². The molecule has 0 radical (unpaired) electrons. The van der Waals surface area contributed by atoms with Gasteiger partial charge < -0.3 is 10.1 Å². The van der Waals surface area contributed by atoms with Gasteiger partial charge in [0.1, 0.15) is 5.75 Å². The lowest BCUT2D eigenvalue weighted by molar-refractivity contribution is 0.102. The van der Waals surface area contributed by atoms with Crippen molar-refractivity contribution in [2.75, 3.05) is 12.4 Å². The molecule has 0 heterocycles. The second-order valence-electron chi connectivity index (χ2n) is 3.91. The van der Waals surface area contributed by atoms with Crippen molar-refractivity contribution in [2.45, 2.75) is 0 Å². The van der Waals surface area contributed by atoms with Crippen LogP contribution in [0, 0.1) is 17.5 Å². The number of amides is 1. The van der Waals surface area contributed by atoms with Crippen molar-refractivity contribution in [1.29, 1.82) is 0 Å². The fraction of sp³-hybridized carbons (Fsp3) is 0.0714. The standard InChI is InChI=1S/C14H10F3NO2/c1-20-9-4-2-8(3-5-9)18-14(19)10-6-7-11(15)13(17)12(10)16/h2-7H,1H3,(H,18,19). The Morgan fingerprint density at radius 2 is 1.65 bits per heavy atom. The summed E-state index contributed by atoms with van der Waals surface area (Å²) in [6, 6.07) is 7.84. The Balaban J connectivity index is 2.21. The molecule has 0 aromatic heterocycles. The van der Waals surface area contributed by atoms with E-state index >= 15 is 0 Å². The predicted octanol–water partition coefficient (Wildman–Crippen LogP) is 3.36. The zero-order valence-corrected chi connectivity index (χ0v) is 10.4. The highest BCUT2D eigenvalue weighted by molar-refractivity contribution is 6.04. The minimum absolute atomic E-state index is 0.375. The first-order chi connectivity index (χ1) is 9.52. The molecule has 0 spiro atoms. The third-order valence-electron chi connectivity index (χ3n) is 2.63. The van der Waals surface area contributed by atoms with Crippen molar-refractivity contribution in [3.8, 4) is 5.75 Å². The summed E-state index contributed by atoms with van der Waals surface area (Å²) in [5, 5.41) is 2.37. The largest absolute Gasteiger partial charge is 0.497 e. The molecular weight excluding hydrogens is 271 g/mol. The van der Waals surface area contributed by atoms with Crippen LogP contribution >= 0.6 is 0 Å². The average molecular weight is 281 g/mol. The quantitative estimate of drug-likeness (QED) is 0.876. The number of rotatable bonds is 3. The van der Waals surface area contributed by atoms with Gasteiger partial charge in [-0.2, -0.15) is 0 Å². The van der Waals surface area contributed by atoms with Crippen LogP contribution in [-0.4, -0.2) is 13.0 Å². The number of benzene rings is 2. The Bertz CT molecular complexity index is 642. The van der Waals surface area contributed by atoms with Gasteiger partial charge in [-0.25, -0.2) is 13.2 Å². The van der Waals surface area contributed by atoms with Gasteiger partial charge in [-0.15, -0.1) is 0 Å². The molecule has 0 unspecified atom stereocenters. The Labute approximate surface area is 113 Å². The number of anilines is 1. The number of hydrogen-bond acceptors (Lipinski definition) is 2. The maximum atomic E-state index is 13.4. The third-order valence-corrected chi connectivity index (χ3v) is 2.63. The van der Waals surface area contributed by atoms with E-state index in [1.807, 2.05) is 0 Å². The molecule has 3 nitrogen and oxygen atoms in total. The van der Waals surface area contributed by atoms with Gasteiger partial charge in [0.25, 0.3) is 5.91 Å². The predicted molar refractivity (Wildman–Crippen MR) is 67.3 cm³/mol. The number of carbonyl (C=O) groups excluding carboxylic acids is 1. The van der Waals surface area contributed by atoms with E-state index in [0.717, 1.165) is 6.07 Å². The number of hydrogen-bond donors (Lipinski definition) is 1. The zero-order chi connectivity index (χ0) is 14.7. The summed E-state index contributed by atoms with van der Waals surface area (Å²) in [6.45, 7) is 0. The molecule has 2 rings (SSSR count). The van der Waals surface area contributed by atoms with Crippen molar-refractivity contribution in [1.82, 2.24) is 0 Å². The Morgan fingerprint density at radius 1 is 1.00 bits per heavy atom. The summed E-state index contributed by atoms with van der Waals surface area (Å²) in [7, 11) is 1.49. The van der Waals surface area contributed by atoms with Crippen LogP contribution in [-0.2, 0) is 0 Å². The van der Waals surface area contributed by atoms with E-state index in [2.05, 4.69) is 5.32 Å². The van der Waals surface area contributed by atoms with Gasteiger partial charge in [-0.1, -0.05) is 0 Å². The van der Waals surface area contributed by atoms with Gasteiger partial charge in [0.2, 0.25) is 0 Å². The highest BCUT2D eigenvalue weighted by atomic mass is 19.2. The molecule has 0 atom stereocenters. The maximum absolute atomic E-state index is 13.4. The lowest BCUT2D eigenvalue weighted by atomic mass is 10.1. The minimum Gasteiger partial charge on any atom is -0.497 e. The fourth-order valence-electron chi connectivity index (χ4n) is 1.57. The summed E-state index contributed by atoms with van der Waals surface area (Å²) in [6.07, 6.45) is 0. The SMILES string of the molecule is COc1ccc(NC(=O)c2ccc(F)c(F)c2F)cc1. The topological polar surface area (TPSA) is 38.3 Å². The van der Waals surface area contributed by atoms with Crippen LogP contribution in [0.5, 0.6) is 5.75 Å². The molecule has 1 amide bonds. The van der Waals surface area contributed by atoms with Gasteiger partial charge in [-0.3, -0.25) is 4.79 Å². The van der Waals surface area contributed by atoms with Crippen molar-refractivity contribution < 1.29 is 22.7 Å². The fourth-order valence-corrected chi connectivity index (χ4v) is 1.57. The lowest BCUT2D eigenvalue weighted by Crippen LogP contribution is -2.15. The molecular formula is C14H10F3NO2. The molecule has 0 aliphatic carbocycles. The summed E-state index contributed by atoms with van der Waals surface area (Å²) in [5.41, 5.74) is -0.195. The Kier molecular flexibility index (Phi) is 3.93. The van der Waals surface area contributed by atoms with E-state index in [4.69, 9.17) is 4.74 Å². The van der Waals surface area contributed by atoms with Crippen molar-refractivity contribution in [2.24, 2.45) is 0 Å². The second kappa shape index (κ2) is 5.64. The summed E-state index contributed by atoms with van der Waals surface area (Å²) < 4.78 is 44.2. The Morgan fingerprint density at radius 3 is 2.25 bits per heavy atom. The first-order valence-electron chi connectivity index (χ1n) is 5.62. The molecule has 0 aliphatic rings. The molecule has 2 aromatic rings. The molecule has 0 bridgehead atoms. The number of methoxy groups -OCH3 is 1. The van der Waals surface area contributed by atoms with Crippen LogP contribution in [0.3, 0.4) is 0 Å². The van der Waals surface area contributed by atoms with Gasteiger partial charge >= 0.3 is 0 Å². The summed E-state index contributed by atoms with van der Waals surface area (Å²) >= 11 is 0. The number of halogens is 3. The second-order valence-corrected chi connectivity index (χ2v) is 3.91. The van der Waals surface area contributed by atoms with E-state index in [1.54, 1.807) is 12.1 Å². The molecule has 6 heteroatoms. The van der Waals surface area contributed by atoms with Crippen LogP contribution in [0.15, 0.2) is 36.4 Å². The van der Waals surface area contributed by atoms with Gasteiger partial charge in [0, 0.05) is 5.69 Å². The van der Waals surface area contributed by atoms with E-state index < -0.39 is 28.9 Å². The number of carbonyl (C=O) groups is 1. The van der Waals surface area contributed by atoms with Crippen LogP contribution in [0.1, 0.15) is 10.4 Å². The molecule has 2 aromatic carbocycles. The van der Waals surface area contributed by atoms with E-state index in [-0.39, 0.29) is 0 Å². The molecule has 0 fully saturated rings. The van der Waals surface area contributed by atoms with Gasteiger partial charge in [0.15, 0.2) is 17.5 Å². The monoisotopic (exact) mass is 281 g/mol. The first-order valence-corrected chi connectivity index (χ1v) is 5.62. The van der Waals surface area contributed by atoms with E-state index in [1.165, 1.54) is 19.2 Å². The van der Waals surface area contributed by atoms with Crippen molar-refractivity contribution >= 4 is 11.6 Å². The van der Waals surface area contributed by atoms with Crippen molar-refractivity contribution in [3.63, 3.8) is 0 Å². The lowest BCUT2D eigenvalue weighted by Gasteiger charge is -2.07. The maximum Gasteiger partial charge on any atom is 0.258 e. The smallest absolute Gasteiger partial charge is 0.258 e. The molecule has 1 N–H and O–H groups in total. The molecule has 20 heavy (non-hydrogen) atoms. The number of nitrogens with one attached hydrogen (secondary N) is 1. The van der Waals surface area contributed by atoms with E-state index in [0.29, 0.717) is 17.5 Å². The minimum atomic E-state index is -1.67. The van der Waals surface area contributed by atoms with Crippen LogP contribution in [0.4, 0.5) is 18.9 Å². The normalized spacial score (nSPS) is 10.2. The Hall–Kier alpha value is -2.50. The van der Waals surface area contributed by atoms with Gasteiger partial charge in [-0.05, 0) is 36.4 Å². The highest BCUT2D eigenvalue weighted by Crippen LogP contribution is 2.19. The molecule has 104 valence electrons. The van der Waals surface area contributed by atoms with Crippen LogP contribution in [0.25, 0.3) is 0 Å². The summed E-state index contributed by atoms with van der Waals surface area (Å²) in [5.74, 6) is -4.82. The van der Waals surface area contributed by atoms with E-state index in [9.17, 15) is 18.0 Å². The number of ether oxygens (including phenoxy) is 1. The van der Waals surface area contributed by atoms with Crippen LogP contribution in [0.2, 0.25) is 0 Å². The van der Waals surface area contributed by atoms with Crippen molar-refractivity contribution in [3.05, 3.63) is 59.4 Å². The highest BCUT2D eigenvalue weighted by Gasteiger charge is 2.18. The summed E-state index contributed by atoms with van der Waals surface area (Å²) in [4.78, 5) is 11.8. The molecule has 0 saturated heterocycles.